The summed E-state index contributed by atoms with van der Waals surface area (Å²) in [5.74, 6) is 0.285. The highest BCUT2D eigenvalue weighted by molar-refractivity contribution is 5.86. The SMILES string of the molecule is CN1CCOC(CCNC(=O)C2(N3CCCCC3)CCCCC2)C1. The number of amides is 1. The van der Waals surface area contributed by atoms with Crippen molar-refractivity contribution < 1.29 is 9.53 Å². The summed E-state index contributed by atoms with van der Waals surface area (Å²) < 4.78 is 5.81. The average molecular weight is 338 g/mol. The lowest BCUT2D eigenvalue weighted by atomic mass is 9.78. The number of hydrogen-bond acceptors (Lipinski definition) is 4. The van der Waals surface area contributed by atoms with Crippen LogP contribution in [0.2, 0.25) is 0 Å². The Balaban J connectivity index is 1.53. The van der Waals surface area contributed by atoms with Gasteiger partial charge >= 0.3 is 0 Å². The van der Waals surface area contributed by atoms with Gasteiger partial charge in [0.15, 0.2) is 0 Å². The summed E-state index contributed by atoms with van der Waals surface area (Å²) in [6.07, 6.45) is 10.8. The summed E-state index contributed by atoms with van der Waals surface area (Å²) in [7, 11) is 2.14. The number of nitrogens with zero attached hydrogens (tertiary/aromatic N) is 2. The number of likely N-dealkylation sites (tertiary alicyclic amines) is 1. The van der Waals surface area contributed by atoms with E-state index in [4.69, 9.17) is 4.74 Å². The number of carbonyl (C=O) groups is 1. The number of likely N-dealkylation sites (N-methyl/N-ethyl adjacent to an activating group) is 1. The van der Waals surface area contributed by atoms with Crippen LogP contribution >= 0.6 is 0 Å². The smallest absolute Gasteiger partial charge is 0.240 e. The van der Waals surface area contributed by atoms with Gasteiger partial charge in [-0.2, -0.15) is 0 Å². The quantitative estimate of drug-likeness (QED) is 0.833. The van der Waals surface area contributed by atoms with E-state index in [0.29, 0.717) is 0 Å². The van der Waals surface area contributed by atoms with Crippen LogP contribution in [0.1, 0.15) is 57.8 Å². The van der Waals surface area contributed by atoms with Gasteiger partial charge in [-0.3, -0.25) is 9.69 Å². The van der Waals surface area contributed by atoms with Gasteiger partial charge in [0.05, 0.1) is 12.7 Å². The summed E-state index contributed by atoms with van der Waals surface area (Å²) in [5.41, 5.74) is -0.219. The summed E-state index contributed by atoms with van der Waals surface area (Å²) in [5, 5.41) is 3.27. The number of carbonyl (C=O) groups excluding carboxylic acids is 1. The molecule has 0 aromatic carbocycles. The Bertz CT molecular complexity index is 403. The zero-order chi connectivity index (χ0) is 16.8. The van der Waals surface area contributed by atoms with Crippen LogP contribution in [0.15, 0.2) is 0 Å². The fraction of sp³-hybridized carbons (Fsp3) is 0.947. The molecule has 24 heavy (non-hydrogen) atoms. The van der Waals surface area contributed by atoms with Crippen LogP contribution in [0.5, 0.6) is 0 Å². The van der Waals surface area contributed by atoms with Crippen molar-refractivity contribution in [2.45, 2.75) is 69.4 Å². The molecule has 0 spiro atoms. The molecule has 1 atom stereocenters. The minimum Gasteiger partial charge on any atom is -0.375 e. The first-order valence-corrected chi connectivity index (χ1v) is 10.0. The van der Waals surface area contributed by atoms with E-state index in [9.17, 15) is 4.79 Å². The monoisotopic (exact) mass is 337 g/mol. The maximum absolute atomic E-state index is 13.1. The molecular weight excluding hydrogens is 302 g/mol. The van der Waals surface area contributed by atoms with Crippen LogP contribution in [-0.2, 0) is 9.53 Å². The summed E-state index contributed by atoms with van der Waals surface area (Å²) in [6, 6.07) is 0. The minimum atomic E-state index is -0.219. The highest BCUT2D eigenvalue weighted by atomic mass is 16.5. The molecular formula is C19H35N3O2. The van der Waals surface area contributed by atoms with Crippen molar-refractivity contribution >= 4 is 5.91 Å². The van der Waals surface area contributed by atoms with Crippen molar-refractivity contribution in [2.75, 3.05) is 46.4 Å². The Morgan fingerprint density at radius 1 is 1.08 bits per heavy atom. The van der Waals surface area contributed by atoms with Crippen molar-refractivity contribution in [2.24, 2.45) is 0 Å². The molecule has 3 fully saturated rings. The number of nitrogens with one attached hydrogen (secondary N) is 1. The van der Waals surface area contributed by atoms with Gasteiger partial charge in [0.1, 0.15) is 5.54 Å². The van der Waals surface area contributed by atoms with Gasteiger partial charge in [-0.1, -0.05) is 25.7 Å². The second-order valence-corrected chi connectivity index (χ2v) is 7.94. The molecule has 1 aliphatic carbocycles. The van der Waals surface area contributed by atoms with E-state index >= 15 is 0 Å². The van der Waals surface area contributed by atoms with Gasteiger partial charge in [0.25, 0.3) is 0 Å². The third-order valence-electron chi connectivity index (χ3n) is 6.16. The zero-order valence-corrected chi connectivity index (χ0v) is 15.4. The van der Waals surface area contributed by atoms with Crippen LogP contribution in [-0.4, -0.2) is 73.7 Å². The lowest BCUT2D eigenvalue weighted by molar-refractivity contribution is -0.137. The first kappa shape index (κ1) is 18.2. The highest BCUT2D eigenvalue weighted by Gasteiger charge is 2.44. The normalized spacial score (nSPS) is 29.3. The van der Waals surface area contributed by atoms with Gasteiger partial charge in [-0.25, -0.2) is 0 Å². The Morgan fingerprint density at radius 3 is 2.50 bits per heavy atom. The van der Waals surface area contributed by atoms with Gasteiger partial charge in [0.2, 0.25) is 5.91 Å². The van der Waals surface area contributed by atoms with E-state index in [1.165, 1.54) is 38.5 Å². The van der Waals surface area contributed by atoms with Crippen LogP contribution in [0.3, 0.4) is 0 Å². The van der Waals surface area contributed by atoms with E-state index in [0.717, 1.165) is 58.6 Å². The van der Waals surface area contributed by atoms with Gasteiger partial charge in [0, 0.05) is 19.6 Å². The van der Waals surface area contributed by atoms with Gasteiger partial charge in [-0.15, -0.1) is 0 Å². The average Bonchev–Trinajstić information content (AvgIpc) is 2.63. The van der Waals surface area contributed by atoms with E-state index in [1.54, 1.807) is 0 Å². The summed E-state index contributed by atoms with van der Waals surface area (Å²) >= 11 is 0. The van der Waals surface area contributed by atoms with Crippen molar-refractivity contribution in [3.8, 4) is 0 Å². The van der Waals surface area contributed by atoms with Crippen LogP contribution in [0, 0.1) is 0 Å². The second-order valence-electron chi connectivity index (χ2n) is 7.94. The Labute approximate surface area is 147 Å². The number of morpholine rings is 1. The molecule has 1 saturated carbocycles. The molecule has 1 unspecified atom stereocenters. The largest absolute Gasteiger partial charge is 0.375 e. The van der Waals surface area contributed by atoms with E-state index in [-0.39, 0.29) is 17.6 Å². The molecule has 2 saturated heterocycles. The van der Waals surface area contributed by atoms with Gasteiger partial charge < -0.3 is 15.0 Å². The van der Waals surface area contributed by atoms with Crippen molar-refractivity contribution in [1.82, 2.24) is 15.1 Å². The molecule has 2 heterocycles. The maximum Gasteiger partial charge on any atom is 0.240 e. The van der Waals surface area contributed by atoms with E-state index < -0.39 is 0 Å². The molecule has 2 aliphatic heterocycles. The first-order valence-electron chi connectivity index (χ1n) is 10.0. The number of hydrogen-bond donors (Lipinski definition) is 1. The van der Waals surface area contributed by atoms with E-state index in [1.807, 2.05) is 0 Å². The lowest BCUT2D eigenvalue weighted by Crippen LogP contribution is -2.61. The molecule has 1 N–H and O–H groups in total. The molecule has 3 rings (SSSR count). The minimum absolute atomic E-state index is 0.219. The third-order valence-corrected chi connectivity index (χ3v) is 6.16. The van der Waals surface area contributed by atoms with Crippen molar-refractivity contribution in [1.29, 1.82) is 0 Å². The zero-order valence-electron chi connectivity index (χ0n) is 15.4. The lowest BCUT2D eigenvalue weighted by Gasteiger charge is -2.46. The predicted octanol–water partition coefficient (Wildman–Crippen LogP) is 2.01. The van der Waals surface area contributed by atoms with E-state index in [2.05, 4.69) is 22.2 Å². The number of rotatable bonds is 5. The molecule has 3 aliphatic rings. The number of piperidine rings is 1. The van der Waals surface area contributed by atoms with Crippen molar-refractivity contribution in [3.05, 3.63) is 0 Å². The van der Waals surface area contributed by atoms with Crippen LogP contribution in [0.25, 0.3) is 0 Å². The summed E-state index contributed by atoms with van der Waals surface area (Å²) in [4.78, 5) is 17.9. The topological polar surface area (TPSA) is 44.8 Å². The first-order chi connectivity index (χ1) is 11.7. The standard InChI is InChI=1S/C19H35N3O2/c1-21-14-15-24-17(16-21)8-11-20-18(23)19(9-4-2-5-10-19)22-12-6-3-7-13-22/h17H,2-16H2,1H3,(H,20,23). The molecule has 138 valence electrons. The molecule has 0 bridgehead atoms. The molecule has 5 nitrogen and oxygen atoms in total. The predicted molar refractivity (Wildman–Crippen MR) is 96.1 cm³/mol. The maximum atomic E-state index is 13.1. The second kappa shape index (κ2) is 8.63. The Morgan fingerprint density at radius 2 is 1.79 bits per heavy atom. The van der Waals surface area contributed by atoms with Crippen molar-refractivity contribution in [3.63, 3.8) is 0 Å². The fourth-order valence-electron chi connectivity index (χ4n) is 4.70. The summed E-state index contributed by atoms with van der Waals surface area (Å²) in [6.45, 7) is 5.75. The molecule has 0 aromatic rings. The van der Waals surface area contributed by atoms with Crippen LogP contribution < -0.4 is 5.32 Å². The molecule has 1 amide bonds. The number of ether oxygens (including phenoxy) is 1. The fourth-order valence-corrected chi connectivity index (χ4v) is 4.70. The van der Waals surface area contributed by atoms with Gasteiger partial charge in [-0.05, 0) is 52.2 Å². The molecule has 0 aromatic heterocycles. The highest BCUT2D eigenvalue weighted by Crippen LogP contribution is 2.35. The third kappa shape index (κ3) is 4.30. The molecule has 0 radical (unpaired) electrons. The van der Waals surface area contributed by atoms with Crippen LogP contribution in [0.4, 0.5) is 0 Å². The Hall–Kier alpha value is -0.650. The Kier molecular flexibility index (Phi) is 6.53. The molecule has 5 heteroatoms.